The average Bonchev–Trinajstić information content (AvgIpc) is 3.08. The minimum atomic E-state index is -4.40. The highest BCUT2D eigenvalue weighted by molar-refractivity contribution is 7.92. The van der Waals surface area contributed by atoms with E-state index in [0.717, 1.165) is 33.1 Å². The quantitative estimate of drug-likeness (QED) is 0.210. The molecular formula is C36H38FN3O6S. The predicted molar refractivity (Wildman–Crippen MR) is 177 cm³/mol. The Morgan fingerprint density at radius 3 is 2.28 bits per heavy atom. The van der Waals surface area contributed by atoms with E-state index in [9.17, 15) is 22.4 Å². The van der Waals surface area contributed by atoms with Crippen LogP contribution in [0, 0.1) is 12.7 Å². The van der Waals surface area contributed by atoms with Crippen molar-refractivity contribution < 1.29 is 31.9 Å². The number of sulfonamides is 1. The highest BCUT2D eigenvalue weighted by atomic mass is 32.2. The Morgan fingerprint density at radius 1 is 0.872 bits per heavy atom. The van der Waals surface area contributed by atoms with Gasteiger partial charge in [-0.15, -0.1) is 0 Å². The van der Waals surface area contributed by atoms with Crippen molar-refractivity contribution in [3.63, 3.8) is 0 Å². The molecule has 5 rings (SSSR count). The highest BCUT2D eigenvalue weighted by Gasteiger charge is 2.35. The molecule has 4 aromatic rings. The van der Waals surface area contributed by atoms with Crippen LogP contribution in [-0.2, 0) is 32.6 Å². The molecule has 11 heteroatoms. The van der Waals surface area contributed by atoms with Gasteiger partial charge in [0.05, 0.1) is 10.6 Å². The van der Waals surface area contributed by atoms with Gasteiger partial charge in [-0.3, -0.25) is 13.9 Å². The van der Waals surface area contributed by atoms with Gasteiger partial charge in [-0.05, 0) is 60.9 Å². The van der Waals surface area contributed by atoms with Crippen LogP contribution >= 0.6 is 0 Å². The van der Waals surface area contributed by atoms with Crippen molar-refractivity contribution in [2.45, 2.75) is 44.2 Å². The van der Waals surface area contributed by atoms with Crippen molar-refractivity contribution in [3.05, 3.63) is 120 Å². The first kappa shape index (κ1) is 33.5. The zero-order valence-electron chi connectivity index (χ0n) is 26.4. The average molecular weight is 660 g/mol. The molecule has 0 saturated heterocycles. The van der Waals surface area contributed by atoms with Gasteiger partial charge in [0.25, 0.3) is 10.0 Å². The third kappa shape index (κ3) is 8.28. The van der Waals surface area contributed by atoms with Gasteiger partial charge in [0, 0.05) is 25.6 Å². The van der Waals surface area contributed by atoms with Crippen molar-refractivity contribution in [1.82, 2.24) is 10.2 Å². The molecule has 0 fully saturated rings. The summed E-state index contributed by atoms with van der Waals surface area (Å²) in [5.74, 6) is -0.845. The molecule has 0 bridgehead atoms. The fourth-order valence-electron chi connectivity index (χ4n) is 5.37. The number of nitrogens with one attached hydrogen (secondary N) is 1. The van der Waals surface area contributed by atoms with Crippen LogP contribution < -0.4 is 19.1 Å². The second-order valence-corrected chi connectivity index (χ2v) is 13.2. The van der Waals surface area contributed by atoms with E-state index in [1.165, 1.54) is 35.2 Å². The number of amides is 2. The van der Waals surface area contributed by atoms with E-state index in [1.54, 1.807) is 0 Å². The molecule has 1 aliphatic heterocycles. The van der Waals surface area contributed by atoms with Crippen molar-refractivity contribution in [2.24, 2.45) is 0 Å². The number of hydrogen-bond acceptors (Lipinski definition) is 6. The molecule has 0 saturated carbocycles. The fourth-order valence-corrected chi connectivity index (χ4v) is 6.80. The number of carbonyl (C=O) groups excluding carboxylic acids is 2. The first-order valence-electron chi connectivity index (χ1n) is 15.5. The molecular weight excluding hydrogens is 621 g/mol. The lowest BCUT2D eigenvalue weighted by molar-refractivity contribution is -0.140. The van der Waals surface area contributed by atoms with Gasteiger partial charge < -0.3 is 19.7 Å². The molecule has 0 aliphatic carbocycles. The van der Waals surface area contributed by atoms with Gasteiger partial charge in [0.1, 0.15) is 31.6 Å². The topological polar surface area (TPSA) is 105 Å². The monoisotopic (exact) mass is 659 g/mol. The number of nitrogens with zero attached hydrogens (tertiary/aromatic N) is 2. The number of fused-ring (bicyclic) bond motifs is 1. The van der Waals surface area contributed by atoms with Crippen molar-refractivity contribution in [3.8, 4) is 11.5 Å². The fraction of sp³-hybridized carbons (Fsp3) is 0.278. The molecule has 0 spiro atoms. The van der Waals surface area contributed by atoms with Crippen LogP contribution in [-0.4, -0.2) is 57.5 Å². The molecule has 246 valence electrons. The van der Waals surface area contributed by atoms with Gasteiger partial charge in [-0.1, -0.05) is 67.1 Å². The zero-order valence-corrected chi connectivity index (χ0v) is 27.2. The van der Waals surface area contributed by atoms with Crippen LogP contribution in [0.1, 0.15) is 30.0 Å². The molecule has 2 amide bonds. The summed E-state index contributed by atoms with van der Waals surface area (Å²) in [6.07, 6.45) is 0.904. The number of hydrogen-bond donors (Lipinski definition) is 1. The van der Waals surface area contributed by atoms with Gasteiger partial charge in [0.2, 0.25) is 11.8 Å². The first-order chi connectivity index (χ1) is 22.7. The van der Waals surface area contributed by atoms with E-state index in [-0.39, 0.29) is 41.8 Å². The van der Waals surface area contributed by atoms with E-state index in [0.29, 0.717) is 25.3 Å². The Bertz CT molecular complexity index is 1800. The zero-order chi connectivity index (χ0) is 33.4. The van der Waals surface area contributed by atoms with Crippen molar-refractivity contribution >= 4 is 27.5 Å². The Hall–Kier alpha value is -4.90. The maximum Gasteiger partial charge on any atom is 0.264 e. The number of anilines is 1. The summed E-state index contributed by atoms with van der Waals surface area (Å²) in [6.45, 7) is 4.28. The number of halogens is 1. The minimum Gasteiger partial charge on any atom is -0.486 e. The van der Waals surface area contributed by atoms with E-state index in [1.807, 2.05) is 68.4 Å². The SMILES string of the molecule is CCCNC(=O)C(Cc1ccccc1)N(Cc1cccc(C)c1)C(=O)CN(c1ccc(F)cc1)S(=O)(=O)c1ccc2c(c1)OCCO2. The van der Waals surface area contributed by atoms with Crippen LogP contribution in [0.5, 0.6) is 11.5 Å². The summed E-state index contributed by atoms with van der Waals surface area (Å²) < 4.78 is 54.7. The molecule has 0 radical (unpaired) electrons. The van der Waals surface area contributed by atoms with E-state index >= 15 is 0 Å². The first-order valence-corrected chi connectivity index (χ1v) is 16.9. The van der Waals surface area contributed by atoms with Crippen LogP contribution in [0.3, 0.4) is 0 Å². The number of carbonyl (C=O) groups is 2. The summed E-state index contributed by atoms with van der Waals surface area (Å²) in [6, 6.07) is 25.1. The summed E-state index contributed by atoms with van der Waals surface area (Å²) in [5.41, 5.74) is 2.67. The maximum atomic E-state index is 14.5. The Labute approximate surface area is 275 Å². The Balaban J connectivity index is 1.57. The lowest BCUT2D eigenvalue weighted by atomic mass is 10.0. The van der Waals surface area contributed by atoms with Gasteiger partial charge in [0.15, 0.2) is 11.5 Å². The number of rotatable bonds is 13. The Morgan fingerprint density at radius 2 is 1.57 bits per heavy atom. The number of ether oxygens (including phenoxy) is 2. The second-order valence-electron chi connectivity index (χ2n) is 11.3. The van der Waals surface area contributed by atoms with Crippen LogP contribution in [0.2, 0.25) is 0 Å². The second kappa shape index (κ2) is 15.1. The minimum absolute atomic E-state index is 0.0545. The standard InChI is InChI=1S/C36H38FN3O6S/c1-3-18-38-36(42)32(22-27-9-5-4-6-10-27)39(24-28-11-7-8-26(2)21-28)35(41)25-40(30-14-12-29(37)13-15-30)47(43,44)31-16-17-33-34(23-31)46-20-19-45-33/h4-17,21,23,32H,3,18-20,22,24-25H2,1-2H3,(H,38,42). The summed E-state index contributed by atoms with van der Waals surface area (Å²) in [7, 11) is -4.40. The van der Waals surface area contributed by atoms with Gasteiger partial charge in [-0.2, -0.15) is 0 Å². The lowest BCUT2D eigenvalue weighted by Crippen LogP contribution is -2.53. The Kier molecular flexibility index (Phi) is 10.8. The molecule has 0 aromatic heterocycles. The van der Waals surface area contributed by atoms with Crippen molar-refractivity contribution in [2.75, 3.05) is 30.6 Å². The highest BCUT2D eigenvalue weighted by Crippen LogP contribution is 2.34. The molecule has 4 aromatic carbocycles. The molecule has 1 unspecified atom stereocenters. The van der Waals surface area contributed by atoms with Crippen molar-refractivity contribution in [1.29, 1.82) is 0 Å². The van der Waals surface area contributed by atoms with Gasteiger partial charge >= 0.3 is 0 Å². The van der Waals surface area contributed by atoms with E-state index in [4.69, 9.17) is 9.47 Å². The molecule has 9 nitrogen and oxygen atoms in total. The smallest absolute Gasteiger partial charge is 0.264 e. The lowest BCUT2D eigenvalue weighted by Gasteiger charge is -2.34. The molecule has 1 heterocycles. The predicted octanol–water partition coefficient (Wildman–Crippen LogP) is 5.27. The molecule has 1 aliphatic rings. The van der Waals surface area contributed by atoms with Crippen LogP contribution in [0.4, 0.5) is 10.1 Å². The van der Waals surface area contributed by atoms with Crippen LogP contribution in [0.15, 0.2) is 102 Å². The summed E-state index contributed by atoms with van der Waals surface area (Å²) in [4.78, 5) is 29.6. The maximum absolute atomic E-state index is 14.5. The summed E-state index contributed by atoms with van der Waals surface area (Å²) in [5, 5.41) is 2.93. The third-order valence-electron chi connectivity index (χ3n) is 7.75. The molecule has 47 heavy (non-hydrogen) atoms. The van der Waals surface area contributed by atoms with Gasteiger partial charge in [-0.25, -0.2) is 12.8 Å². The largest absolute Gasteiger partial charge is 0.486 e. The van der Waals surface area contributed by atoms with E-state index < -0.39 is 34.3 Å². The summed E-state index contributed by atoms with van der Waals surface area (Å²) >= 11 is 0. The van der Waals surface area contributed by atoms with E-state index in [2.05, 4.69) is 5.32 Å². The van der Waals surface area contributed by atoms with Crippen LogP contribution in [0.25, 0.3) is 0 Å². The molecule has 1 atom stereocenters. The normalized spacial score (nSPS) is 13.0. The molecule has 1 N–H and O–H groups in total. The number of aryl methyl sites for hydroxylation is 1. The third-order valence-corrected chi connectivity index (χ3v) is 9.52. The number of benzene rings is 4.